The first-order valence-electron chi connectivity index (χ1n) is 5.85. The highest BCUT2D eigenvalue weighted by Gasteiger charge is 2.17. The van der Waals surface area contributed by atoms with Crippen LogP contribution in [0.3, 0.4) is 0 Å². The molecule has 19 heavy (non-hydrogen) atoms. The van der Waals surface area contributed by atoms with Gasteiger partial charge in [-0.15, -0.1) is 0 Å². The molecule has 3 nitrogen and oxygen atoms in total. The van der Waals surface area contributed by atoms with Crippen molar-refractivity contribution < 1.29 is 18.3 Å². The molecule has 0 aliphatic heterocycles. The molecule has 0 aliphatic carbocycles. The molecule has 0 radical (unpaired) electrons. The molecule has 0 fully saturated rings. The van der Waals surface area contributed by atoms with Crippen molar-refractivity contribution in [2.45, 2.75) is 13.8 Å². The van der Waals surface area contributed by atoms with Crippen LogP contribution in [0, 0.1) is 18.6 Å². The molecule has 2 rings (SSSR count). The van der Waals surface area contributed by atoms with Crippen LogP contribution < -0.4 is 0 Å². The van der Waals surface area contributed by atoms with E-state index in [1.807, 2.05) is 0 Å². The number of carbonyl (C=O) groups excluding carboxylic acids is 1. The summed E-state index contributed by atoms with van der Waals surface area (Å²) in [5, 5.41) is 0. The van der Waals surface area contributed by atoms with Crippen molar-refractivity contribution in [2.24, 2.45) is 0 Å². The zero-order valence-corrected chi connectivity index (χ0v) is 10.6. The lowest BCUT2D eigenvalue weighted by Gasteiger charge is -2.04. The lowest BCUT2D eigenvalue weighted by atomic mass is 10.1. The molecule has 0 saturated heterocycles. The number of ether oxygens (including phenoxy) is 1. The Morgan fingerprint density at radius 3 is 2.63 bits per heavy atom. The van der Waals surface area contributed by atoms with Crippen LogP contribution in [0.2, 0.25) is 0 Å². The highest BCUT2D eigenvalue weighted by Crippen LogP contribution is 2.26. The molecule has 0 saturated carbocycles. The van der Waals surface area contributed by atoms with Crippen LogP contribution in [-0.4, -0.2) is 17.6 Å². The largest absolute Gasteiger partial charge is 0.461 e. The number of aromatic nitrogens is 1. The first kappa shape index (κ1) is 13.3. The Hall–Kier alpha value is -2.17. The van der Waals surface area contributed by atoms with Gasteiger partial charge in [0.15, 0.2) is 11.6 Å². The summed E-state index contributed by atoms with van der Waals surface area (Å²) >= 11 is 0. The summed E-state index contributed by atoms with van der Waals surface area (Å²) < 4.78 is 31.1. The van der Waals surface area contributed by atoms with Crippen molar-refractivity contribution in [3.05, 3.63) is 47.3 Å². The highest BCUT2D eigenvalue weighted by molar-refractivity contribution is 5.95. The maximum absolute atomic E-state index is 13.3. The molecule has 1 aromatic heterocycles. The molecule has 5 heteroatoms. The number of halogens is 2. The summed E-state index contributed by atoms with van der Waals surface area (Å²) in [6.07, 6.45) is 0. The number of benzene rings is 1. The van der Waals surface area contributed by atoms with Gasteiger partial charge in [0.05, 0.1) is 6.61 Å². The van der Waals surface area contributed by atoms with Crippen molar-refractivity contribution in [3.8, 4) is 11.1 Å². The second-order valence-corrected chi connectivity index (χ2v) is 4.09. The van der Waals surface area contributed by atoms with Crippen molar-refractivity contribution in [2.75, 3.05) is 6.61 Å². The van der Waals surface area contributed by atoms with Gasteiger partial charge in [0.2, 0.25) is 0 Å². The van der Waals surface area contributed by atoms with Crippen LogP contribution in [0.25, 0.3) is 11.1 Å². The molecule has 100 valence electrons. The number of carbonyl (C=O) groups is 1. The van der Waals surface area contributed by atoms with Crippen molar-refractivity contribution >= 4 is 5.97 Å². The van der Waals surface area contributed by atoms with E-state index in [0.717, 1.165) is 17.8 Å². The van der Waals surface area contributed by atoms with E-state index in [-0.39, 0.29) is 12.3 Å². The summed E-state index contributed by atoms with van der Waals surface area (Å²) in [6.45, 7) is 3.71. The van der Waals surface area contributed by atoms with Crippen molar-refractivity contribution in [3.63, 3.8) is 0 Å². The zero-order valence-electron chi connectivity index (χ0n) is 10.6. The molecule has 0 aliphatic rings. The highest BCUT2D eigenvalue weighted by atomic mass is 19.2. The van der Waals surface area contributed by atoms with Crippen molar-refractivity contribution in [1.29, 1.82) is 0 Å². The Kier molecular flexibility index (Phi) is 3.64. The van der Waals surface area contributed by atoms with Crippen LogP contribution in [0.5, 0.6) is 0 Å². The van der Waals surface area contributed by atoms with Gasteiger partial charge in [0.25, 0.3) is 0 Å². The Morgan fingerprint density at radius 2 is 2.00 bits per heavy atom. The van der Waals surface area contributed by atoms with Gasteiger partial charge in [-0.3, -0.25) is 0 Å². The fourth-order valence-electron chi connectivity index (χ4n) is 1.84. The van der Waals surface area contributed by atoms with E-state index in [1.165, 1.54) is 6.07 Å². The smallest absolute Gasteiger partial charge is 0.355 e. The molecular weight excluding hydrogens is 252 g/mol. The van der Waals surface area contributed by atoms with Gasteiger partial charge in [-0.1, -0.05) is 6.07 Å². The van der Waals surface area contributed by atoms with Gasteiger partial charge < -0.3 is 9.72 Å². The van der Waals surface area contributed by atoms with Gasteiger partial charge in [-0.05, 0) is 37.6 Å². The number of rotatable bonds is 3. The molecular formula is C14H13F2NO2. The molecule has 0 unspecified atom stereocenters. The van der Waals surface area contributed by atoms with Gasteiger partial charge in [-0.2, -0.15) is 0 Å². The standard InChI is InChI=1S/C14H13F2NO2/c1-3-19-14(18)13-10(6-8(2)17-13)9-4-5-11(15)12(16)7-9/h4-7,17H,3H2,1-2H3. The van der Waals surface area contributed by atoms with Crippen LogP contribution in [0.15, 0.2) is 24.3 Å². The minimum Gasteiger partial charge on any atom is -0.461 e. The Labute approximate surface area is 109 Å². The Morgan fingerprint density at radius 1 is 1.26 bits per heavy atom. The molecule has 0 spiro atoms. The van der Waals surface area contributed by atoms with Gasteiger partial charge in [0.1, 0.15) is 5.69 Å². The third-order valence-electron chi connectivity index (χ3n) is 2.66. The van der Waals surface area contributed by atoms with Crippen LogP contribution in [-0.2, 0) is 4.74 Å². The third kappa shape index (κ3) is 2.65. The zero-order chi connectivity index (χ0) is 14.0. The Bertz CT molecular complexity index is 620. The van der Waals surface area contributed by atoms with Crippen LogP contribution in [0.1, 0.15) is 23.1 Å². The topological polar surface area (TPSA) is 42.1 Å². The Balaban J connectivity index is 2.49. The number of aromatic amines is 1. The molecule has 2 aromatic rings. The van der Waals surface area contributed by atoms with E-state index in [2.05, 4.69) is 4.98 Å². The predicted octanol–water partition coefficient (Wildman–Crippen LogP) is 3.45. The minimum atomic E-state index is -0.953. The van der Waals surface area contributed by atoms with Gasteiger partial charge >= 0.3 is 5.97 Å². The fourth-order valence-corrected chi connectivity index (χ4v) is 1.84. The third-order valence-corrected chi connectivity index (χ3v) is 2.66. The predicted molar refractivity (Wildman–Crippen MR) is 66.8 cm³/mol. The molecule has 1 aromatic carbocycles. The summed E-state index contributed by atoms with van der Waals surface area (Å²) in [6, 6.07) is 5.20. The molecule has 1 N–H and O–H groups in total. The van der Waals surface area contributed by atoms with E-state index in [0.29, 0.717) is 11.1 Å². The molecule has 0 amide bonds. The summed E-state index contributed by atoms with van der Waals surface area (Å²) in [7, 11) is 0. The van der Waals surface area contributed by atoms with E-state index < -0.39 is 17.6 Å². The van der Waals surface area contributed by atoms with Crippen LogP contribution in [0.4, 0.5) is 8.78 Å². The number of H-pyrrole nitrogens is 1. The summed E-state index contributed by atoms with van der Waals surface area (Å²) in [5.41, 5.74) is 1.90. The maximum Gasteiger partial charge on any atom is 0.355 e. The maximum atomic E-state index is 13.3. The average molecular weight is 265 g/mol. The monoisotopic (exact) mass is 265 g/mol. The average Bonchev–Trinajstić information content (AvgIpc) is 2.75. The second-order valence-electron chi connectivity index (χ2n) is 4.09. The van der Waals surface area contributed by atoms with E-state index >= 15 is 0 Å². The molecule has 1 heterocycles. The lowest BCUT2D eigenvalue weighted by Crippen LogP contribution is -2.06. The van der Waals surface area contributed by atoms with Crippen LogP contribution >= 0.6 is 0 Å². The second kappa shape index (κ2) is 5.22. The first-order chi connectivity index (χ1) is 9.02. The summed E-state index contributed by atoms with van der Waals surface area (Å²) in [5.74, 6) is -2.39. The number of hydrogen-bond donors (Lipinski definition) is 1. The number of aryl methyl sites for hydroxylation is 1. The van der Waals surface area contributed by atoms with E-state index in [9.17, 15) is 13.6 Å². The quantitative estimate of drug-likeness (QED) is 0.864. The SMILES string of the molecule is CCOC(=O)c1[nH]c(C)cc1-c1ccc(F)c(F)c1. The minimum absolute atomic E-state index is 0.241. The molecule has 0 bridgehead atoms. The number of nitrogens with one attached hydrogen (secondary N) is 1. The lowest BCUT2D eigenvalue weighted by molar-refractivity contribution is 0.0521. The van der Waals surface area contributed by atoms with E-state index in [1.54, 1.807) is 19.9 Å². The normalized spacial score (nSPS) is 10.5. The molecule has 0 atom stereocenters. The van der Waals surface area contributed by atoms with Gasteiger partial charge in [0, 0.05) is 11.3 Å². The van der Waals surface area contributed by atoms with E-state index in [4.69, 9.17) is 4.74 Å². The number of esters is 1. The van der Waals surface area contributed by atoms with Gasteiger partial charge in [-0.25, -0.2) is 13.6 Å². The summed E-state index contributed by atoms with van der Waals surface area (Å²) in [4.78, 5) is 14.7. The van der Waals surface area contributed by atoms with Crippen molar-refractivity contribution in [1.82, 2.24) is 4.98 Å². The fraction of sp³-hybridized carbons (Fsp3) is 0.214. The first-order valence-corrected chi connectivity index (χ1v) is 5.85. The number of hydrogen-bond acceptors (Lipinski definition) is 2.